The number of ether oxygens (including phenoxy) is 1. The van der Waals surface area contributed by atoms with Crippen molar-refractivity contribution in [2.24, 2.45) is 0 Å². The highest BCUT2D eigenvalue weighted by Gasteiger charge is 2.36. The summed E-state index contributed by atoms with van der Waals surface area (Å²) in [6.07, 6.45) is 0. The lowest BCUT2D eigenvalue weighted by Crippen LogP contribution is -2.59. The highest BCUT2D eigenvalue weighted by atomic mass is 16.5. The molecular weight excluding hydrogens is 204 g/mol. The summed E-state index contributed by atoms with van der Waals surface area (Å²) in [5, 5.41) is 3.21. The standard InChI is InChI=1S/C12H24N2O2/c1-6-13-12(4,5)10(15)14-7-8-16-11(2,3)9-14/h13H,6-9H2,1-5H3. The molecule has 94 valence electrons. The van der Waals surface area contributed by atoms with Gasteiger partial charge in [0.15, 0.2) is 0 Å². The molecule has 0 saturated carbocycles. The van der Waals surface area contributed by atoms with Gasteiger partial charge in [0.2, 0.25) is 5.91 Å². The molecule has 0 radical (unpaired) electrons. The lowest BCUT2D eigenvalue weighted by Gasteiger charge is -2.41. The second kappa shape index (κ2) is 4.72. The average molecular weight is 228 g/mol. The molecular formula is C12H24N2O2. The van der Waals surface area contributed by atoms with Crippen LogP contribution < -0.4 is 5.32 Å². The molecule has 0 aliphatic carbocycles. The SMILES string of the molecule is CCNC(C)(C)C(=O)N1CCOC(C)(C)C1. The highest BCUT2D eigenvalue weighted by Crippen LogP contribution is 2.19. The van der Waals surface area contributed by atoms with Gasteiger partial charge in [-0.3, -0.25) is 4.79 Å². The van der Waals surface area contributed by atoms with Gasteiger partial charge in [-0.15, -0.1) is 0 Å². The number of nitrogens with one attached hydrogen (secondary N) is 1. The van der Waals surface area contributed by atoms with Gasteiger partial charge >= 0.3 is 0 Å². The summed E-state index contributed by atoms with van der Waals surface area (Å²) in [5.41, 5.74) is -0.710. The molecule has 0 unspecified atom stereocenters. The van der Waals surface area contributed by atoms with E-state index in [9.17, 15) is 4.79 Å². The maximum Gasteiger partial charge on any atom is 0.242 e. The number of carbonyl (C=O) groups excluding carboxylic acids is 1. The van der Waals surface area contributed by atoms with Crippen LogP contribution in [0.4, 0.5) is 0 Å². The van der Waals surface area contributed by atoms with E-state index in [1.807, 2.05) is 39.5 Å². The Morgan fingerprint density at radius 3 is 2.62 bits per heavy atom. The molecule has 1 N–H and O–H groups in total. The van der Waals surface area contributed by atoms with Crippen molar-refractivity contribution in [3.8, 4) is 0 Å². The Bertz CT molecular complexity index is 262. The quantitative estimate of drug-likeness (QED) is 0.784. The number of carbonyl (C=O) groups is 1. The van der Waals surface area contributed by atoms with Gasteiger partial charge in [0.25, 0.3) is 0 Å². The second-order valence-corrected chi connectivity index (χ2v) is 5.49. The molecule has 0 bridgehead atoms. The van der Waals surface area contributed by atoms with Crippen LogP contribution in [0.1, 0.15) is 34.6 Å². The maximum atomic E-state index is 12.3. The molecule has 0 aromatic heterocycles. The predicted molar refractivity (Wildman–Crippen MR) is 64.4 cm³/mol. The van der Waals surface area contributed by atoms with E-state index in [0.717, 1.165) is 6.54 Å². The Hall–Kier alpha value is -0.610. The Morgan fingerprint density at radius 1 is 1.50 bits per heavy atom. The number of nitrogens with zero attached hydrogens (tertiary/aromatic N) is 1. The fraction of sp³-hybridized carbons (Fsp3) is 0.917. The summed E-state index contributed by atoms with van der Waals surface area (Å²) in [5.74, 6) is 0.158. The summed E-state index contributed by atoms with van der Waals surface area (Å²) in [7, 11) is 0. The lowest BCUT2D eigenvalue weighted by molar-refractivity contribution is -0.151. The molecule has 0 spiro atoms. The summed E-state index contributed by atoms with van der Waals surface area (Å²) in [6, 6.07) is 0. The van der Waals surface area contributed by atoms with Gasteiger partial charge in [0.1, 0.15) is 0 Å². The van der Waals surface area contributed by atoms with Crippen molar-refractivity contribution in [2.45, 2.75) is 45.8 Å². The van der Waals surface area contributed by atoms with E-state index < -0.39 is 5.54 Å². The number of morpholine rings is 1. The largest absolute Gasteiger partial charge is 0.372 e. The van der Waals surface area contributed by atoms with Crippen molar-refractivity contribution < 1.29 is 9.53 Å². The zero-order valence-corrected chi connectivity index (χ0v) is 11.1. The molecule has 0 aromatic carbocycles. The van der Waals surface area contributed by atoms with E-state index in [-0.39, 0.29) is 11.5 Å². The number of rotatable bonds is 3. The summed E-state index contributed by atoms with van der Waals surface area (Å²) >= 11 is 0. The van der Waals surface area contributed by atoms with E-state index in [1.165, 1.54) is 0 Å². The van der Waals surface area contributed by atoms with Crippen LogP contribution in [0, 0.1) is 0 Å². The van der Waals surface area contributed by atoms with Crippen LogP contribution in [-0.2, 0) is 9.53 Å². The van der Waals surface area contributed by atoms with Crippen molar-refractivity contribution in [1.82, 2.24) is 10.2 Å². The minimum Gasteiger partial charge on any atom is -0.372 e. The smallest absolute Gasteiger partial charge is 0.242 e. The molecule has 1 saturated heterocycles. The Labute approximate surface area is 98.3 Å². The summed E-state index contributed by atoms with van der Waals surface area (Å²) < 4.78 is 5.60. The summed E-state index contributed by atoms with van der Waals surface area (Å²) in [6.45, 7) is 12.7. The van der Waals surface area contributed by atoms with Gasteiger partial charge in [-0.2, -0.15) is 0 Å². The normalized spacial score (nSPS) is 20.9. The first-order valence-corrected chi connectivity index (χ1v) is 5.97. The number of hydrogen-bond acceptors (Lipinski definition) is 3. The van der Waals surface area contributed by atoms with Crippen LogP contribution >= 0.6 is 0 Å². The first kappa shape index (κ1) is 13.5. The summed E-state index contributed by atoms with van der Waals surface area (Å²) in [4.78, 5) is 14.2. The van der Waals surface area contributed by atoms with Crippen LogP contribution in [-0.4, -0.2) is 48.2 Å². The van der Waals surface area contributed by atoms with Gasteiger partial charge < -0.3 is 15.0 Å². The number of likely N-dealkylation sites (N-methyl/N-ethyl adjacent to an activating group) is 1. The third-order valence-electron chi connectivity index (χ3n) is 2.87. The first-order valence-electron chi connectivity index (χ1n) is 5.97. The van der Waals surface area contributed by atoms with E-state index >= 15 is 0 Å². The van der Waals surface area contributed by atoms with Crippen LogP contribution in [0.15, 0.2) is 0 Å². The minimum absolute atomic E-state index is 0.158. The van der Waals surface area contributed by atoms with Gasteiger partial charge in [0, 0.05) is 13.1 Å². The molecule has 16 heavy (non-hydrogen) atoms. The molecule has 1 rings (SSSR count). The van der Waals surface area contributed by atoms with Gasteiger partial charge in [-0.25, -0.2) is 0 Å². The fourth-order valence-electron chi connectivity index (χ4n) is 2.10. The average Bonchev–Trinajstić information content (AvgIpc) is 2.15. The zero-order chi connectivity index (χ0) is 12.4. The van der Waals surface area contributed by atoms with E-state index in [1.54, 1.807) is 0 Å². The molecule has 1 aliphatic heterocycles. The van der Waals surface area contributed by atoms with Gasteiger partial charge in [-0.05, 0) is 34.2 Å². The van der Waals surface area contributed by atoms with Crippen LogP contribution in [0.2, 0.25) is 0 Å². The maximum absolute atomic E-state index is 12.3. The third-order valence-corrected chi connectivity index (χ3v) is 2.87. The molecule has 0 aromatic rings. The Kier molecular flexibility index (Phi) is 3.97. The molecule has 1 heterocycles. The minimum atomic E-state index is -0.484. The molecule has 1 amide bonds. The molecule has 0 atom stereocenters. The fourth-order valence-corrected chi connectivity index (χ4v) is 2.10. The van der Waals surface area contributed by atoms with E-state index in [4.69, 9.17) is 4.74 Å². The molecule has 4 nitrogen and oxygen atoms in total. The van der Waals surface area contributed by atoms with Crippen molar-refractivity contribution >= 4 is 5.91 Å². The zero-order valence-electron chi connectivity index (χ0n) is 11.1. The lowest BCUT2D eigenvalue weighted by atomic mass is 10.0. The van der Waals surface area contributed by atoms with E-state index in [0.29, 0.717) is 19.7 Å². The topological polar surface area (TPSA) is 41.6 Å². The molecule has 4 heteroatoms. The highest BCUT2D eigenvalue weighted by molar-refractivity contribution is 5.85. The van der Waals surface area contributed by atoms with Gasteiger partial charge in [0.05, 0.1) is 17.7 Å². The second-order valence-electron chi connectivity index (χ2n) is 5.49. The number of amides is 1. The third kappa shape index (κ3) is 3.19. The Balaban J connectivity index is 2.67. The monoisotopic (exact) mass is 228 g/mol. The van der Waals surface area contributed by atoms with Crippen molar-refractivity contribution in [2.75, 3.05) is 26.2 Å². The van der Waals surface area contributed by atoms with Crippen LogP contribution in [0.25, 0.3) is 0 Å². The number of hydrogen-bond donors (Lipinski definition) is 1. The first-order chi connectivity index (χ1) is 7.28. The van der Waals surface area contributed by atoms with Gasteiger partial charge in [-0.1, -0.05) is 6.92 Å². The van der Waals surface area contributed by atoms with Crippen molar-refractivity contribution in [1.29, 1.82) is 0 Å². The Morgan fingerprint density at radius 2 is 2.12 bits per heavy atom. The van der Waals surface area contributed by atoms with Crippen LogP contribution in [0.3, 0.4) is 0 Å². The van der Waals surface area contributed by atoms with Crippen molar-refractivity contribution in [3.63, 3.8) is 0 Å². The molecule has 1 fully saturated rings. The van der Waals surface area contributed by atoms with Crippen LogP contribution in [0.5, 0.6) is 0 Å². The molecule has 1 aliphatic rings. The van der Waals surface area contributed by atoms with Crippen molar-refractivity contribution in [3.05, 3.63) is 0 Å². The predicted octanol–water partition coefficient (Wildman–Crippen LogP) is 1.01. The van der Waals surface area contributed by atoms with E-state index in [2.05, 4.69) is 5.32 Å².